The van der Waals surface area contributed by atoms with Gasteiger partial charge in [-0.05, 0) is 11.6 Å². The minimum absolute atomic E-state index is 0.154. The van der Waals surface area contributed by atoms with E-state index in [1.165, 1.54) is 14.2 Å². The maximum atomic E-state index is 11.6. The van der Waals surface area contributed by atoms with Crippen LogP contribution in [0.5, 0.6) is 0 Å². The van der Waals surface area contributed by atoms with E-state index in [2.05, 4.69) is 15.0 Å². The van der Waals surface area contributed by atoms with Crippen LogP contribution in [0, 0.1) is 0 Å². The average Bonchev–Trinajstić information content (AvgIpc) is 2.84. The summed E-state index contributed by atoms with van der Waals surface area (Å²) < 4.78 is 11.3. The highest BCUT2D eigenvalue weighted by molar-refractivity contribution is 6.31. The van der Waals surface area contributed by atoms with Crippen molar-refractivity contribution in [2.75, 3.05) is 14.2 Å². The molecular formula is C13H14ClN3O3. The molecule has 0 aliphatic heterocycles. The predicted octanol–water partition coefficient (Wildman–Crippen LogP) is 1.91. The molecule has 6 nitrogen and oxygen atoms in total. The summed E-state index contributed by atoms with van der Waals surface area (Å²) in [6, 6.07) is 7.42. The van der Waals surface area contributed by atoms with Gasteiger partial charge in [0.05, 0.1) is 26.0 Å². The van der Waals surface area contributed by atoms with Gasteiger partial charge >= 0.3 is 5.97 Å². The van der Waals surface area contributed by atoms with E-state index in [0.29, 0.717) is 17.3 Å². The highest BCUT2D eigenvalue weighted by atomic mass is 35.5. The lowest BCUT2D eigenvalue weighted by Crippen LogP contribution is -2.11. The maximum absolute atomic E-state index is 11.6. The third kappa shape index (κ3) is 2.97. The number of esters is 1. The molecule has 0 radical (unpaired) electrons. The zero-order valence-electron chi connectivity index (χ0n) is 11.2. The topological polar surface area (TPSA) is 66.2 Å². The second-order valence-electron chi connectivity index (χ2n) is 4.06. The van der Waals surface area contributed by atoms with Crippen molar-refractivity contribution >= 4 is 17.6 Å². The number of carbonyl (C=O) groups excluding carboxylic acids is 1. The van der Waals surface area contributed by atoms with Crippen LogP contribution in [-0.4, -0.2) is 35.2 Å². The molecule has 0 N–H and O–H groups in total. The van der Waals surface area contributed by atoms with Gasteiger partial charge in [-0.1, -0.05) is 35.0 Å². The molecule has 0 spiro atoms. The van der Waals surface area contributed by atoms with Gasteiger partial charge in [-0.2, -0.15) is 0 Å². The molecule has 2 aromatic rings. The molecule has 1 aromatic carbocycles. The number of methoxy groups -OCH3 is 2. The third-order valence-corrected chi connectivity index (χ3v) is 3.14. The number of hydrogen-bond acceptors (Lipinski definition) is 5. The fourth-order valence-corrected chi connectivity index (χ4v) is 1.98. The smallest absolute Gasteiger partial charge is 0.360 e. The standard InChI is InChI=1S/C13H14ClN3O3/c1-19-8-11-12(13(18)20-2)15-16-17(11)7-9-5-3-4-6-10(9)14/h3-6H,7-8H2,1-2H3. The molecule has 2 rings (SSSR count). The molecule has 20 heavy (non-hydrogen) atoms. The molecule has 1 heterocycles. The van der Waals surface area contributed by atoms with Crippen molar-refractivity contribution in [2.24, 2.45) is 0 Å². The molecule has 0 amide bonds. The number of hydrogen-bond donors (Lipinski definition) is 0. The Hall–Kier alpha value is -1.92. The molecule has 0 saturated carbocycles. The number of benzene rings is 1. The summed E-state index contributed by atoms with van der Waals surface area (Å²) in [5.74, 6) is -0.539. The summed E-state index contributed by atoms with van der Waals surface area (Å²) in [6.45, 7) is 0.615. The molecule has 0 aliphatic carbocycles. The highest BCUT2D eigenvalue weighted by Crippen LogP contribution is 2.18. The lowest BCUT2D eigenvalue weighted by Gasteiger charge is -2.08. The van der Waals surface area contributed by atoms with Crippen molar-refractivity contribution in [1.29, 1.82) is 0 Å². The number of ether oxygens (including phenoxy) is 2. The largest absolute Gasteiger partial charge is 0.464 e. The van der Waals surface area contributed by atoms with Gasteiger partial charge in [0.1, 0.15) is 0 Å². The highest BCUT2D eigenvalue weighted by Gasteiger charge is 2.20. The van der Waals surface area contributed by atoms with Crippen LogP contribution in [0.4, 0.5) is 0 Å². The predicted molar refractivity (Wildman–Crippen MR) is 72.6 cm³/mol. The Kier molecular flexibility index (Phi) is 4.70. The van der Waals surface area contributed by atoms with Crippen molar-refractivity contribution in [1.82, 2.24) is 15.0 Å². The van der Waals surface area contributed by atoms with Crippen LogP contribution in [0.1, 0.15) is 21.7 Å². The Balaban J connectivity index is 2.34. The van der Waals surface area contributed by atoms with Gasteiger partial charge in [-0.25, -0.2) is 9.48 Å². The average molecular weight is 296 g/mol. The van der Waals surface area contributed by atoms with E-state index in [-0.39, 0.29) is 12.3 Å². The molecule has 0 atom stereocenters. The van der Waals surface area contributed by atoms with Crippen LogP contribution >= 0.6 is 11.6 Å². The van der Waals surface area contributed by atoms with Crippen LogP contribution in [0.25, 0.3) is 0 Å². The van der Waals surface area contributed by atoms with Gasteiger partial charge < -0.3 is 9.47 Å². The van der Waals surface area contributed by atoms with Gasteiger partial charge in [0.15, 0.2) is 5.69 Å². The molecule has 0 unspecified atom stereocenters. The van der Waals surface area contributed by atoms with Crippen LogP contribution in [0.2, 0.25) is 5.02 Å². The van der Waals surface area contributed by atoms with Crippen molar-refractivity contribution in [3.8, 4) is 0 Å². The first-order valence-corrected chi connectivity index (χ1v) is 6.28. The van der Waals surface area contributed by atoms with E-state index >= 15 is 0 Å². The van der Waals surface area contributed by atoms with Gasteiger partial charge in [0.25, 0.3) is 0 Å². The SMILES string of the molecule is COCc1c(C(=O)OC)nnn1Cc1ccccc1Cl. The Morgan fingerprint density at radius 2 is 2.10 bits per heavy atom. The second-order valence-corrected chi connectivity index (χ2v) is 4.47. The van der Waals surface area contributed by atoms with E-state index in [1.807, 2.05) is 18.2 Å². The summed E-state index contributed by atoms with van der Waals surface area (Å²) in [6.07, 6.45) is 0. The number of carbonyl (C=O) groups is 1. The van der Waals surface area contributed by atoms with E-state index < -0.39 is 5.97 Å². The number of nitrogens with zero attached hydrogens (tertiary/aromatic N) is 3. The maximum Gasteiger partial charge on any atom is 0.360 e. The lowest BCUT2D eigenvalue weighted by molar-refractivity contribution is 0.0588. The fourth-order valence-electron chi connectivity index (χ4n) is 1.78. The summed E-state index contributed by atoms with van der Waals surface area (Å²) in [4.78, 5) is 11.6. The molecule has 0 saturated heterocycles. The van der Waals surface area contributed by atoms with Gasteiger partial charge in [-0.15, -0.1) is 5.10 Å². The molecule has 106 valence electrons. The van der Waals surface area contributed by atoms with Crippen LogP contribution in [0.15, 0.2) is 24.3 Å². The minimum atomic E-state index is -0.539. The summed E-state index contributed by atoms with van der Waals surface area (Å²) >= 11 is 6.12. The fraction of sp³-hybridized carbons (Fsp3) is 0.308. The minimum Gasteiger partial charge on any atom is -0.464 e. The molecule has 0 fully saturated rings. The second kappa shape index (κ2) is 6.49. The van der Waals surface area contributed by atoms with Crippen LogP contribution in [0.3, 0.4) is 0 Å². The third-order valence-electron chi connectivity index (χ3n) is 2.78. The molecule has 1 aromatic heterocycles. The first-order chi connectivity index (χ1) is 9.67. The van der Waals surface area contributed by atoms with E-state index in [4.69, 9.17) is 16.3 Å². The van der Waals surface area contributed by atoms with Crippen molar-refractivity contribution in [3.63, 3.8) is 0 Å². The number of aromatic nitrogens is 3. The Morgan fingerprint density at radius 3 is 2.75 bits per heavy atom. The summed E-state index contributed by atoms with van der Waals surface area (Å²) in [5, 5.41) is 8.44. The molecular weight excluding hydrogens is 282 g/mol. The first kappa shape index (κ1) is 14.5. The van der Waals surface area contributed by atoms with Gasteiger partial charge in [0.2, 0.25) is 0 Å². The van der Waals surface area contributed by atoms with E-state index in [0.717, 1.165) is 5.56 Å². The molecule has 7 heteroatoms. The normalized spacial score (nSPS) is 10.6. The number of rotatable bonds is 5. The molecule has 0 aliphatic rings. The van der Waals surface area contributed by atoms with Crippen molar-refractivity contribution in [2.45, 2.75) is 13.2 Å². The molecule has 0 bridgehead atoms. The summed E-state index contributed by atoms with van der Waals surface area (Å²) in [5.41, 5.74) is 1.59. The van der Waals surface area contributed by atoms with E-state index in [1.54, 1.807) is 10.7 Å². The zero-order valence-corrected chi connectivity index (χ0v) is 11.9. The van der Waals surface area contributed by atoms with Crippen LogP contribution < -0.4 is 0 Å². The Morgan fingerprint density at radius 1 is 1.35 bits per heavy atom. The monoisotopic (exact) mass is 295 g/mol. The van der Waals surface area contributed by atoms with Crippen molar-refractivity contribution < 1.29 is 14.3 Å². The van der Waals surface area contributed by atoms with Crippen LogP contribution in [-0.2, 0) is 22.6 Å². The lowest BCUT2D eigenvalue weighted by atomic mass is 10.2. The summed E-state index contributed by atoms with van der Waals surface area (Å²) in [7, 11) is 2.83. The Labute approximate surface area is 121 Å². The number of halogens is 1. The van der Waals surface area contributed by atoms with Crippen molar-refractivity contribution in [3.05, 3.63) is 46.2 Å². The first-order valence-electron chi connectivity index (χ1n) is 5.90. The quantitative estimate of drug-likeness (QED) is 0.788. The van der Waals surface area contributed by atoms with Gasteiger partial charge in [-0.3, -0.25) is 0 Å². The van der Waals surface area contributed by atoms with Gasteiger partial charge in [0, 0.05) is 12.1 Å². The zero-order chi connectivity index (χ0) is 14.5. The Bertz CT molecular complexity index is 613. The van der Waals surface area contributed by atoms with E-state index in [9.17, 15) is 4.79 Å².